The summed E-state index contributed by atoms with van der Waals surface area (Å²) in [6, 6.07) is 2.33. The van der Waals surface area contributed by atoms with Crippen molar-refractivity contribution in [2.45, 2.75) is 39.3 Å². The van der Waals surface area contributed by atoms with Crippen molar-refractivity contribution in [2.24, 2.45) is 11.8 Å². The minimum Gasteiger partial charge on any atom is -0.337 e. The van der Waals surface area contributed by atoms with Crippen molar-refractivity contribution in [3.8, 4) is 0 Å². The second-order valence-electron chi connectivity index (χ2n) is 7.62. The van der Waals surface area contributed by atoms with E-state index in [1.165, 1.54) is 12.8 Å². The van der Waals surface area contributed by atoms with Crippen LogP contribution in [0.5, 0.6) is 0 Å². The van der Waals surface area contributed by atoms with Crippen molar-refractivity contribution >= 4 is 17.1 Å². The molecule has 24 heavy (non-hydrogen) atoms. The number of hydrogen-bond acceptors (Lipinski definition) is 4. The lowest BCUT2D eigenvalue weighted by Gasteiger charge is -2.23. The van der Waals surface area contributed by atoms with E-state index < -0.39 is 0 Å². The first kappa shape index (κ1) is 15.6. The van der Waals surface area contributed by atoms with Crippen molar-refractivity contribution in [3.05, 3.63) is 24.2 Å². The summed E-state index contributed by atoms with van der Waals surface area (Å²) >= 11 is 0. The molecule has 128 valence electrons. The standard InChI is InChI=1S/C18H25N5O/c1-12(2)8-23-11-21-16-5-14(7-20-17(16)23)18(24)22-9-13-3-4-15(10-22)19-6-13/h5,7,11-13,15,19H,3-4,6,8-10H2,1-2H3/t13-,15-/m0/s1. The molecular formula is C18H25N5O. The van der Waals surface area contributed by atoms with Gasteiger partial charge in [-0.05, 0) is 37.3 Å². The third-order valence-electron chi connectivity index (χ3n) is 5.09. The summed E-state index contributed by atoms with van der Waals surface area (Å²) in [6.07, 6.45) is 5.93. The fourth-order valence-electron chi connectivity index (χ4n) is 3.88. The van der Waals surface area contributed by atoms with Crippen LogP contribution in [0.3, 0.4) is 0 Å². The number of piperidine rings is 1. The maximum Gasteiger partial charge on any atom is 0.255 e. The lowest BCUT2D eigenvalue weighted by molar-refractivity contribution is 0.0748. The molecule has 3 fully saturated rings. The minimum absolute atomic E-state index is 0.0865. The molecule has 2 bridgehead atoms. The maximum absolute atomic E-state index is 12.9. The summed E-state index contributed by atoms with van der Waals surface area (Å²) in [5.41, 5.74) is 2.31. The van der Waals surface area contributed by atoms with Gasteiger partial charge in [-0.15, -0.1) is 0 Å². The molecule has 6 heteroatoms. The van der Waals surface area contributed by atoms with Crippen LogP contribution in [0.4, 0.5) is 0 Å². The Balaban J connectivity index is 1.58. The lowest BCUT2D eigenvalue weighted by atomic mass is 9.97. The molecule has 0 unspecified atom stereocenters. The molecule has 5 rings (SSSR count). The van der Waals surface area contributed by atoms with Gasteiger partial charge in [0.1, 0.15) is 5.52 Å². The molecule has 3 saturated heterocycles. The van der Waals surface area contributed by atoms with Gasteiger partial charge in [0.2, 0.25) is 0 Å². The summed E-state index contributed by atoms with van der Waals surface area (Å²) in [4.78, 5) is 23.9. The Morgan fingerprint density at radius 1 is 1.33 bits per heavy atom. The second kappa shape index (κ2) is 6.16. The Morgan fingerprint density at radius 3 is 2.96 bits per heavy atom. The second-order valence-corrected chi connectivity index (χ2v) is 7.62. The van der Waals surface area contributed by atoms with E-state index in [-0.39, 0.29) is 5.91 Å². The highest BCUT2D eigenvalue weighted by molar-refractivity contribution is 5.96. The van der Waals surface area contributed by atoms with E-state index in [0.29, 0.717) is 23.4 Å². The first-order valence-corrected chi connectivity index (χ1v) is 8.93. The summed E-state index contributed by atoms with van der Waals surface area (Å²) in [5.74, 6) is 1.20. The number of imidazole rings is 1. The number of nitrogens with one attached hydrogen (secondary N) is 1. The number of carbonyl (C=O) groups excluding carboxylic acids is 1. The van der Waals surface area contributed by atoms with Gasteiger partial charge in [-0.3, -0.25) is 4.79 Å². The van der Waals surface area contributed by atoms with Gasteiger partial charge < -0.3 is 14.8 Å². The lowest BCUT2D eigenvalue weighted by Crippen LogP contribution is -2.40. The van der Waals surface area contributed by atoms with Crippen LogP contribution in [-0.2, 0) is 6.54 Å². The normalized spacial score (nSPS) is 23.9. The minimum atomic E-state index is 0.0865. The molecule has 3 aliphatic heterocycles. The fourth-order valence-corrected chi connectivity index (χ4v) is 3.88. The van der Waals surface area contributed by atoms with Gasteiger partial charge >= 0.3 is 0 Å². The molecule has 5 heterocycles. The van der Waals surface area contributed by atoms with Gasteiger partial charge in [0, 0.05) is 31.9 Å². The predicted octanol–water partition coefficient (Wildman–Crippen LogP) is 1.91. The Labute approximate surface area is 142 Å². The zero-order chi connectivity index (χ0) is 16.7. The summed E-state index contributed by atoms with van der Waals surface area (Å²) in [7, 11) is 0. The SMILES string of the molecule is CC(C)Cn1cnc2cc(C(=O)N3C[C@H]4CC[C@@H](C3)NC4)cnc21. The number of fused-ring (bicyclic) bond motifs is 5. The van der Waals surface area contributed by atoms with Gasteiger partial charge in [-0.25, -0.2) is 9.97 Å². The van der Waals surface area contributed by atoms with Crippen molar-refractivity contribution < 1.29 is 4.79 Å². The zero-order valence-corrected chi connectivity index (χ0v) is 14.4. The highest BCUT2D eigenvalue weighted by Crippen LogP contribution is 2.23. The Morgan fingerprint density at radius 2 is 2.21 bits per heavy atom. The third-order valence-corrected chi connectivity index (χ3v) is 5.09. The van der Waals surface area contributed by atoms with Crippen LogP contribution in [0.15, 0.2) is 18.6 Å². The van der Waals surface area contributed by atoms with Crippen LogP contribution in [0.1, 0.15) is 37.0 Å². The smallest absolute Gasteiger partial charge is 0.255 e. The Kier molecular flexibility index (Phi) is 4.00. The summed E-state index contributed by atoms with van der Waals surface area (Å²) in [6.45, 7) is 7.91. The number of nitrogens with zero attached hydrogens (tertiary/aromatic N) is 4. The molecule has 0 spiro atoms. The fraction of sp³-hybridized carbons (Fsp3) is 0.611. The van der Waals surface area contributed by atoms with Crippen LogP contribution < -0.4 is 5.32 Å². The van der Waals surface area contributed by atoms with E-state index in [4.69, 9.17) is 0 Å². The van der Waals surface area contributed by atoms with Crippen LogP contribution in [-0.4, -0.2) is 51.0 Å². The van der Waals surface area contributed by atoms with Crippen LogP contribution in [0.2, 0.25) is 0 Å². The first-order valence-electron chi connectivity index (χ1n) is 8.93. The Bertz CT molecular complexity index is 731. The van der Waals surface area contributed by atoms with Crippen LogP contribution in [0, 0.1) is 11.8 Å². The Hall–Kier alpha value is -1.95. The van der Waals surface area contributed by atoms with Gasteiger partial charge in [-0.2, -0.15) is 0 Å². The van der Waals surface area contributed by atoms with E-state index in [1.54, 1.807) is 6.20 Å². The van der Waals surface area contributed by atoms with E-state index in [9.17, 15) is 4.79 Å². The maximum atomic E-state index is 12.9. The van der Waals surface area contributed by atoms with Crippen LogP contribution >= 0.6 is 0 Å². The van der Waals surface area contributed by atoms with Crippen LogP contribution in [0.25, 0.3) is 11.2 Å². The molecule has 3 aliphatic rings. The molecule has 1 N–H and O–H groups in total. The largest absolute Gasteiger partial charge is 0.337 e. The first-order chi connectivity index (χ1) is 11.6. The topological polar surface area (TPSA) is 63.1 Å². The predicted molar refractivity (Wildman–Crippen MR) is 92.8 cm³/mol. The third kappa shape index (κ3) is 2.90. The van der Waals surface area contributed by atoms with Gasteiger partial charge in [0.15, 0.2) is 5.65 Å². The quantitative estimate of drug-likeness (QED) is 0.935. The molecule has 0 aromatic carbocycles. The molecule has 0 aliphatic carbocycles. The summed E-state index contributed by atoms with van der Waals surface area (Å²) in [5, 5.41) is 3.54. The number of hydrogen-bond donors (Lipinski definition) is 1. The number of rotatable bonds is 3. The molecule has 0 radical (unpaired) electrons. The molecule has 6 nitrogen and oxygen atoms in total. The van der Waals surface area contributed by atoms with Crippen molar-refractivity contribution in [3.63, 3.8) is 0 Å². The van der Waals surface area contributed by atoms with Crippen molar-refractivity contribution in [1.82, 2.24) is 24.8 Å². The molecule has 2 aromatic heterocycles. The highest BCUT2D eigenvalue weighted by atomic mass is 16.2. The van der Waals surface area contributed by atoms with Crippen molar-refractivity contribution in [1.29, 1.82) is 0 Å². The van der Waals surface area contributed by atoms with Gasteiger partial charge in [-0.1, -0.05) is 13.8 Å². The summed E-state index contributed by atoms with van der Waals surface area (Å²) < 4.78 is 2.06. The van der Waals surface area contributed by atoms with E-state index >= 15 is 0 Å². The average molecular weight is 327 g/mol. The number of carbonyl (C=O) groups is 1. The molecular weight excluding hydrogens is 302 g/mol. The monoisotopic (exact) mass is 327 g/mol. The van der Waals surface area contributed by atoms with E-state index in [0.717, 1.165) is 37.3 Å². The number of aromatic nitrogens is 3. The molecule has 2 aromatic rings. The molecule has 0 saturated carbocycles. The molecule has 2 atom stereocenters. The van der Waals surface area contributed by atoms with Gasteiger partial charge in [0.05, 0.1) is 11.9 Å². The number of pyridine rings is 1. The number of amides is 1. The van der Waals surface area contributed by atoms with E-state index in [1.807, 2.05) is 17.3 Å². The van der Waals surface area contributed by atoms with Gasteiger partial charge in [0.25, 0.3) is 5.91 Å². The van der Waals surface area contributed by atoms with E-state index in [2.05, 4.69) is 33.7 Å². The zero-order valence-electron chi connectivity index (χ0n) is 14.4. The average Bonchev–Trinajstić information content (AvgIpc) is 2.75. The van der Waals surface area contributed by atoms with Crippen molar-refractivity contribution in [2.75, 3.05) is 19.6 Å². The highest BCUT2D eigenvalue weighted by Gasteiger charge is 2.31. The molecule has 1 amide bonds.